The molecule has 0 spiro atoms. The molecular weight excluding hydrogens is 238 g/mol. The fourth-order valence-corrected chi connectivity index (χ4v) is 3.67. The Labute approximate surface area is 103 Å². The van der Waals surface area contributed by atoms with E-state index in [1.165, 1.54) is 23.5 Å². The van der Waals surface area contributed by atoms with E-state index in [0.717, 1.165) is 16.9 Å². The topological polar surface area (TPSA) is 0 Å². The van der Waals surface area contributed by atoms with Gasteiger partial charge in [-0.15, -0.1) is 11.3 Å². The molecule has 0 radical (unpaired) electrons. The predicted molar refractivity (Wildman–Crippen MR) is 66.4 cm³/mol. The van der Waals surface area contributed by atoms with Crippen molar-refractivity contribution >= 4 is 11.3 Å². The van der Waals surface area contributed by atoms with Gasteiger partial charge in [0.1, 0.15) is 11.6 Å². The summed E-state index contributed by atoms with van der Waals surface area (Å²) in [6.07, 6.45) is 0.763. The number of halogens is 2. The van der Waals surface area contributed by atoms with Crippen molar-refractivity contribution in [3.8, 4) is 10.4 Å². The van der Waals surface area contributed by atoms with Crippen LogP contribution in [-0.4, -0.2) is 0 Å². The lowest BCUT2D eigenvalue weighted by Crippen LogP contribution is -2.27. The number of hydrogen-bond acceptors (Lipinski definition) is 1. The van der Waals surface area contributed by atoms with Crippen LogP contribution in [0.5, 0.6) is 0 Å². The Morgan fingerprint density at radius 2 is 1.82 bits per heavy atom. The maximum Gasteiger partial charge on any atom is 0.132 e. The molecule has 0 nitrogen and oxygen atoms in total. The molecule has 0 aliphatic heterocycles. The zero-order valence-electron chi connectivity index (χ0n) is 9.68. The predicted octanol–water partition coefficient (Wildman–Crippen LogP) is 4.53. The molecule has 17 heavy (non-hydrogen) atoms. The average molecular weight is 250 g/mol. The van der Waals surface area contributed by atoms with Gasteiger partial charge < -0.3 is 0 Å². The van der Waals surface area contributed by atoms with Crippen molar-refractivity contribution in [3.05, 3.63) is 46.3 Å². The Balaban J connectivity index is 2.43. The zero-order valence-corrected chi connectivity index (χ0v) is 10.5. The van der Waals surface area contributed by atoms with Gasteiger partial charge in [-0.1, -0.05) is 13.8 Å². The number of fused-ring (bicyclic) bond motifs is 3. The van der Waals surface area contributed by atoms with Crippen LogP contribution in [-0.2, 0) is 11.8 Å². The highest BCUT2D eigenvalue weighted by Gasteiger charge is 2.35. The smallest absolute Gasteiger partial charge is 0.132 e. The monoisotopic (exact) mass is 250 g/mol. The highest BCUT2D eigenvalue weighted by molar-refractivity contribution is 7.13. The summed E-state index contributed by atoms with van der Waals surface area (Å²) < 4.78 is 28.0. The lowest BCUT2D eigenvalue weighted by Gasteiger charge is -2.32. The molecule has 0 saturated heterocycles. The molecule has 0 amide bonds. The summed E-state index contributed by atoms with van der Waals surface area (Å²) in [4.78, 5) is 0.885. The molecular formula is C14H12F2S. The first-order chi connectivity index (χ1) is 8.00. The van der Waals surface area contributed by atoms with Crippen LogP contribution in [0.15, 0.2) is 23.6 Å². The van der Waals surface area contributed by atoms with Gasteiger partial charge >= 0.3 is 0 Å². The number of rotatable bonds is 0. The van der Waals surface area contributed by atoms with E-state index in [4.69, 9.17) is 0 Å². The third kappa shape index (κ3) is 1.45. The zero-order chi connectivity index (χ0) is 12.2. The molecule has 1 aliphatic rings. The summed E-state index contributed by atoms with van der Waals surface area (Å²) >= 11 is 1.48. The summed E-state index contributed by atoms with van der Waals surface area (Å²) in [5.41, 5.74) is 1.76. The minimum atomic E-state index is -0.352. The molecule has 1 aliphatic carbocycles. The summed E-state index contributed by atoms with van der Waals surface area (Å²) in [6.45, 7) is 3.93. The van der Waals surface area contributed by atoms with E-state index in [1.807, 2.05) is 25.3 Å². The molecule has 88 valence electrons. The standard InChI is InChI=1S/C14H12F2S/c1-14(2)7-8-5-6-17-13(8)11-9(15)3-4-10(16)12(11)14/h3-6H,7H2,1-2H3. The normalized spacial score (nSPS) is 16.5. The Hall–Kier alpha value is -1.22. The Morgan fingerprint density at radius 3 is 2.59 bits per heavy atom. The molecule has 0 bridgehead atoms. The summed E-state index contributed by atoms with van der Waals surface area (Å²) in [5, 5.41) is 1.94. The van der Waals surface area contributed by atoms with Crippen molar-refractivity contribution in [2.75, 3.05) is 0 Å². The van der Waals surface area contributed by atoms with E-state index in [0.29, 0.717) is 11.1 Å². The van der Waals surface area contributed by atoms with Crippen molar-refractivity contribution in [1.82, 2.24) is 0 Å². The van der Waals surface area contributed by atoms with Crippen molar-refractivity contribution in [1.29, 1.82) is 0 Å². The lowest BCUT2D eigenvalue weighted by molar-refractivity contribution is 0.470. The average Bonchev–Trinajstić information content (AvgIpc) is 2.68. The SMILES string of the molecule is CC1(C)Cc2ccsc2-c2c(F)ccc(F)c21. The van der Waals surface area contributed by atoms with Crippen molar-refractivity contribution in [2.45, 2.75) is 25.7 Å². The first-order valence-corrected chi connectivity index (χ1v) is 6.44. The number of benzene rings is 1. The van der Waals surface area contributed by atoms with Crippen LogP contribution in [0.2, 0.25) is 0 Å². The molecule has 2 aromatic rings. The van der Waals surface area contributed by atoms with E-state index in [1.54, 1.807) is 0 Å². The molecule has 0 fully saturated rings. The van der Waals surface area contributed by atoms with Gasteiger partial charge in [-0.3, -0.25) is 0 Å². The van der Waals surface area contributed by atoms with Crippen molar-refractivity contribution in [3.63, 3.8) is 0 Å². The lowest BCUT2D eigenvalue weighted by atomic mass is 9.72. The van der Waals surface area contributed by atoms with Crippen LogP contribution >= 0.6 is 11.3 Å². The third-order valence-corrected chi connectivity index (χ3v) is 4.36. The highest BCUT2D eigenvalue weighted by atomic mass is 32.1. The van der Waals surface area contributed by atoms with Crippen molar-refractivity contribution in [2.24, 2.45) is 0 Å². The van der Waals surface area contributed by atoms with Gasteiger partial charge in [-0.2, -0.15) is 0 Å². The second kappa shape index (κ2) is 3.39. The molecule has 3 rings (SSSR count). The first-order valence-electron chi connectivity index (χ1n) is 5.56. The molecule has 3 heteroatoms. The number of hydrogen-bond donors (Lipinski definition) is 0. The molecule has 1 aromatic heterocycles. The van der Waals surface area contributed by atoms with Gasteiger partial charge in [0.25, 0.3) is 0 Å². The highest BCUT2D eigenvalue weighted by Crippen LogP contribution is 2.47. The van der Waals surface area contributed by atoms with Gasteiger partial charge in [-0.25, -0.2) is 8.78 Å². The molecule has 0 unspecified atom stereocenters. The molecule has 0 atom stereocenters. The Bertz CT molecular complexity index is 596. The fraction of sp³-hybridized carbons (Fsp3) is 0.286. The maximum atomic E-state index is 14.0. The van der Waals surface area contributed by atoms with E-state index in [9.17, 15) is 8.78 Å². The second-order valence-corrected chi connectivity index (χ2v) is 6.03. The first kappa shape index (κ1) is 10.9. The van der Waals surface area contributed by atoms with Crippen LogP contribution in [0.25, 0.3) is 10.4 Å². The molecule has 0 saturated carbocycles. The van der Waals surface area contributed by atoms with Crippen LogP contribution < -0.4 is 0 Å². The van der Waals surface area contributed by atoms with Crippen molar-refractivity contribution < 1.29 is 8.78 Å². The molecule has 1 aromatic carbocycles. The minimum absolute atomic E-state index is 0.301. The number of thiophene rings is 1. The largest absolute Gasteiger partial charge is 0.207 e. The van der Waals surface area contributed by atoms with Gasteiger partial charge in [0.2, 0.25) is 0 Å². The quantitative estimate of drug-likeness (QED) is 0.644. The van der Waals surface area contributed by atoms with Crippen LogP contribution in [0.1, 0.15) is 25.0 Å². The van der Waals surface area contributed by atoms with Gasteiger partial charge in [0, 0.05) is 16.0 Å². The van der Waals surface area contributed by atoms with E-state index in [2.05, 4.69) is 0 Å². The fourth-order valence-electron chi connectivity index (χ4n) is 2.69. The Kier molecular flexibility index (Phi) is 2.17. The summed E-state index contributed by atoms with van der Waals surface area (Å²) in [6, 6.07) is 4.46. The van der Waals surface area contributed by atoms with E-state index in [-0.39, 0.29) is 17.0 Å². The Morgan fingerprint density at radius 1 is 1.12 bits per heavy atom. The second-order valence-electron chi connectivity index (χ2n) is 5.11. The van der Waals surface area contributed by atoms with Gasteiger partial charge in [0.05, 0.1) is 0 Å². The molecule has 1 heterocycles. The van der Waals surface area contributed by atoms with Gasteiger partial charge in [-0.05, 0) is 41.0 Å². The van der Waals surface area contributed by atoms with Crippen LogP contribution in [0, 0.1) is 11.6 Å². The minimum Gasteiger partial charge on any atom is -0.207 e. The van der Waals surface area contributed by atoms with Gasteiger partial charge in [0.15, 0.2) is 0 Å². The van der Waals surface area contributed by atoms with E-state index < -0.39 is 0 Å². The molecule has 0 N–H and O–H groups in total. The van der Waals surface area contributed by atoms with Crippen LogP contribution in [0.4, 0.5) is 8.78 Å². The third-order valence-electron chi connectivity index (χ3n) is 3.39. The summed E-state index contributed by atoms with van der Waals surface area (Å²) in [7, 11) is 0. The summed E-state index contributed by atoms with van der Waals surface area (Å²) in [5.74, 6) is -0.622. The van der Waals surface area contributed by atoms with E-state index >= 15 is 0 Å². The maximum absolute atomic E-state index is 14.0. The van der Waals surface area contributed by atoms with Crippen LogP contribution in [0.3, 0.4) is 0 Å².